The lowest BCUT2D eigenvalue weighted by Crippen LogP contribution is -2.15. The molecule has 0 spiro atoms. The van der Waals surface area contributed by atoms with Gasteiger partial charge in [0.15, 0.2) is 5.69 Å². The summed E-state index contributed by atoms with van der Waals surface area (Å²) in [6.07, 6.45) is 4.22. The Kier molecular flexibility index (Phi) is 3.15. The molecule has 1 aliphatic carbocycles. The smallest absolute Gasteiger partial charge is 0.276 e. The second kappa shape index (κ2) is 5.30. The zero-order chi connectivity index (χ0) is 14.9. The van der Waals surface area contributed by atoms with Gasteiger partial charge in [-0.2, -0.15) is 5.10 Å². The summed E-state index contributed by atoms with van der Waals surface area (Å²) in [5.74, 6) is -0.130. The summed E-state index contributed by atoms with van der Waals surface area (Å²) in [4.78, 5) is 12.5. The Morgan fingerprint density at radius 3 is 2.77 bits per heavy atom. The second-order valence-electron chi connectivity index (χ2n) is 5.75. The monoisotopic (exact) mass is 291 g/mol. The lowest BCUT2D eigenvalue weighted by Gasteiger charge is -2.11. The molecule has 0 unspecified atom stereocenters. The van der Waals surface area contributed by atoms with E-state index in [0.717, 1.165) is 47.0 Å². The summed E-state index contributed by atoms with van der Waals surface area (Å²) < 4.78 is 0. The molecule has 0 fully saturated rings. The minimum atomic E-state index is -0.130. The van der Waals surface area contributed by atoms with E-state index >= 15 is 0 Å². The van der Waals surface area contributed by atoms with Crippen LogP contribution in [0.4, 0.5) is 5.69 Å². The number of benzene rings is 2. The van der Waals surface area contributed by atoms with Gasteiger partial charge < -0.3 is 5.32 Å². The van der Waals surface area contributed by atoms with Crippen molar-refractivity contribution in [1.82, 2.24) is 10.2 Å². The van der Waals surface area contributed by atoms with Crippen LogP contribution in [0, 0.1) is 0 Å². The molecule has 0 aliphatic heterocycles. The number of H-pyrrole nitrogens is 1. The van der Waals surface area contributed by atoms with E-state index in [2.05, 4.69) is 21.6 Å². The Hall–Kier alpha value is -2.62. The number of aromatic nitrogens is 2. The fourth-order valence-electron chi connectivity index (χ4n) is 3.13. The van der Waals surface area contributed by atoms with E-state index in [1.54, 1.807) is 0 Å². The third-order valence-corrected chi connectivity index (χ3v) is 4.28. The van der Waals surface area contributed by atoms with Gasteiger partial charge in [0, 0.05) is 16.9 Å². The summed E-state index contributed by atoms with van der Waals surface area (Å²) in [7, 11) is 0. The first-order chi connectivity index (χ1) is 10.8. The number of aromatic amines is 1. The third kappa shape index (κ3) is 2.26. The van der Waals surface area contributed by atoms with Gasteiger partial charge >= 0.3 is 0 Å². The van der Waals surface area contributed by atoms with Gasteiger partial charge in [-0.05, 0) is 48.6 Å². The maximum Gasteiger partial charge on any atom is 0.276 e. The van der Waals surface area contributed by atoms with Crippen LogP contribution in [0.25, 0.3) is 10.8 Å². The Morgan fingerprint density at radius 1 is 1.05 bits per heavy atom. The molecule has 3 aromatic rings. The van der Waals surface area contributed by atoms with Crippen LogP contribution in [0.5, 0.6) is 0 Å². The van der Waals surface area contributed by atoms with Gasteiger partial charge in [0.25, 0.3) is 5.91 Å². The molecule has 4 heteroatoms. The minimum Gasteiger partial charge on any atom is -0.321 e. The average Bonchev–Trinajstić information content (AvgIpc) is 2.99. The highest BCUT2D eigenvalue weighted by atomic mass is 16.1. The highest BCUT2D eigenvalue weighted by Gasteiger charge is 2.21. The molecular formula is C18H17N3O. The van der Waals surface area contributed by atoms with Crippen molar-refractivity contribution < 1.29 is 4.79 Å². The number of nitrogens with one attached hydrogen (secondary N) is 2. The number of aryl methyl sites for hydroxylation is 1. The van der Waals surface area contributed by atoms with Gasteiger partial charge in [0.1, 0.15) is 0 Å². The van der Waals surface area contributed by atoms with Gasteiger partial charge in [-0.15, -0.1) is 0 Å². The number of carbonyl (C=O) groups excluding carboxylic acids is 1. The van der Waals surface area contributed by atoms with Gasteiger partial charge in [0.2, 0.25) is 0 Å². The Labute approximate surface area is 128 Å². The summed E-state index contributed by atoms with van der Waals surface area (Å²) in [6, 6.07) is 14.1. The Morgan fingerprint density at radius 2 is 1.86 bits per heavy atom. The normalized spacial score (nSPS) is 13.8. The van der Waals surface area contributed by atoms with Gasteiger partial charge in [-0.3, -0.25) is 9.89 Å². The minimum absolute atomic E-state index is 0.130. The van der Waals surface area contributed by atoms with Crippen LogP contribution < -0.4 is 5.32 Å². The highest BCUT2D eigenvalue weighted by Crippen LogP contribution is 2.24. The number of carbonyl (C=O) groups is 1. The van der Waals surface area contributed by atoms with Crippen LogP contribution in [-0.2, 0) is 12.8 Å². The second-order valence-corrected chi connectivity index (χ2v) is 5.75. The number of rotatable bonds is 2. The first-order valence-electron chi connectivity index (χ1n) is 7.67. The molecule has 0 saturated heterocycles. The van der Waals surface area contributed by atoms with Crippen molar-refractivity contribution in [2.24, 2.45) is 0 Å². The SMILES string of the molecule is O=C(Nc1ccc2ccccc2c1)c1n[nH]c2c1CCCC2. The number of hydrogen-bond donors (Lipinski definition) is 2. The quantitative estimate of drug-likeness (QED) is 0.756. The molecule has 1 amide bonds. The predicted molar refractivity (Wildman–Crippen MR) is 87.1 cm³/mol. The third-order valence-electron chi connectivity index (χ3n) is 4.28. The maximum absolute atomic E-state index is 12.5. The van der Waals surface area contributed by atoms with Crippen molar-refractivity contribution in [2.75, 3.05) is 5.32 Å². The van der Waals surface area contributed by atoms with Gasteiger partial charge in [0.05, 0.1) is 0 Å². The standard InChI is InChI=1S/C18H17N3O/c22-18(17-15-7-3-4-8-16(15)20-21-17)19-14-10-9-12-5-1-2-6-13(12)11-14/h1-2,5-6,9-11H,3-4,7-8H2,(H,19,22)(H,20,21). The van der Waals surface area contributed by atoms with Crippen molar-refractivity contribution in [3.05, 3.63) is 59.4 Å². The van der Waals surface area contributed by atoms with Crippen LogP contribution >= 0.6 is 0 Å². The lowest BCUT2D eigenvalue weighted by atomic mass is 9.96. The summed E-state index contributed by atoms with van der Waals surface area (Å²) in [5, 5.41) is 12.5. The molecule has 0 radical (unpaired) electrons. The molecule has 1 heterocycles. The highest BCUT2D eigenvalue weighted by molar-refractivity contribution is 6.05. The van der Waals surface area contributed by atoms with E-state index in [-0.39, 0.29) is 5.91 Å². The van der Waals surface area contributed by atoms with E-state index in [1.807, 2.05) is 36.4 Å². The number of fused-ring (bicyclic) bond motifs is 2. The molecule has 0 saturated carbocycles. The van der Waals surface area contributed by atoms with Crippen LogP contribution in [0.3, 0.4) is 0 Å². The topological polar surface area (TPSA) is 57.8 Å². The molecule has 1 aliphatic rings. The van der Waals surface area contributed by atoms with Crippen LogP contribution in [0.2, 0.25) is 0 Å². The van der Waals surface area contributed by atoms with Crippen molar-refractivity contribution in [1.29, 1.82) is 0 Å². The van der Waals surface area contributed by atoms with Crippen molar-refractivity contribution in [3.8, 4) is 0 Å². The van der Waals surface area contributed by atoms with Crippen molar-refractivity contribution in [2.45, 2.75) is 25.7 Å². The van der Waals surface area contributed by atoms with E-state index in [1.165, 1.54) is 6.42 Å². The largest absolute Gasteiger partial charge is 0.321 e. The average molecular weight is 291 g/mol. The Balaban J connectivity index is 1.62. The van der Waals surface area contributed by atoms with Crippen LogP contribution in [0.1, 0.15) is 34.6 Å². The summed E-state index contributed by atoms with van der Waals surface area (Å²) in [6.45, 7) is 0. The van der Waals surface area contributed by atoms with E-state index in [4.69, 9.17) is 0 Å². The van der Waals surface area contributed by atoms with Gasteiger partial charge in [-0.25, -0.2) is 0 Å². The molecule has 4 nitrogen and oxygen atoms in total. The van der Waals surface area contributed by atoms with Crippen LogP contribution in [0.15, 0.2) is 42.5 Å². The van der Waals surface area contributed by atoms with E-state index in [0.29, 0.717) is 5.69 Å². The fraction of sp³-hybridized carbons (Fsp3) is 0.222. The molecule has 4 rings (SSSR count). The zero-order valence-corrected chi connectivity index (χ0v) is 12.2. The molecule has 2 aromatic carbocycles. The molecule has 22 heavy (non-hydrogen) atoms. The van der Waals surface area contributed by atoms with Crippen molar-refractivity contribution >= 4 is 22.4 Å². The van der Waals surface area contributed by atoms with Gasteiger partial charge in [-0.1, -0.05) is 30.3 Å². The lowest BCUT2D eigenvalue weighted by molar-refractivity contribution is 0.102. The van der Waals surface area contributed by atoms with Crippen molar-refractivity contribution in [3.63, 3.8) is 0 Å². The van der Waals surface area contributed by atoms with E-state index in [9.17, 15) is 4.79 Å². The number of amides is 1. The van der Waals surface area contributed by atoms with Crippen LogP contribution in [-0.4, -0.2) is 16.1 Å². The number of nitrogens with zero attached hydrogens (tertiary/aromatic N) is 1. The zero-order valence-electron chi connectivity index (χ0n) is 12.2. The molecule has 110 valence electrons. The Bertz CT molecular complexity index is 850. The molecule has 2 N–H and O–H groups in total. The molecule has 0 atom stereocenters. The molecule has 1 aromatic heterocycles. The van der Waals surface area contributed by atoms with E-state index < -0.39 is 0 Å². The fourth-order valence-corrected chi connectivity index (χ4v) is 3.13. The summed E-state index contributed by atoms with van der Waals surface area (Å²) in [5.41, 5.74) is 3.55. The first-order valence-corrected chi connectivity index (χ1v) is 7.67. The first kappa shape index (κ1) is 13.1. The summed E-state index contributed by atoms with van der Waals surface area (Å²) >= 11 is 0. The number of anilines is 1. The number of hydrogen-bond acceptors (Lipinski definition) is 2. The maximum atomic E-state index is 12.5. The molecular weight excluding hydrogens is 274 g/mol. The predicted octanol–water partition coefficient (Wildman–Crippen LogP) is 3.69. The molecule has 0 bridgehead atoms.